The molecule has 2 aromatic heterocycles. The highest BCUT2D eigenvalue weighted by Gasteiger charge is 2.26. The summed E-state index contributed by atoms with van der Waals surface area (Å²) in [6.07, 6.45) is 0.297. The average Bonchev–Trinajstić information content (AvgIpc) is 2.91. The van der Waals surface area contributed by atoms with Gasteiger partial charge in [0.2, 0.25) is 5.91 Å². The molecule has 1 fully saturated rings. The zero-order valence-corrected chi connectivity index (χ0v) is 14.5. The first-order chi connectivity index (χ1) is 11.0. The molecule has 1 aliphatic heterocycles. The van der Waals surface area contributed by atoms with E-state index in [2.05, 4.69) is 23.0 Å². The summed E-state index contributed by atoms with van der Waals surface area (Å²) < 4.78 is 5.83. The molecular formula is C17H21N3O2S. The lowest BCUT2D eigenvalue weighted by Crippen LogP contribution is -2.43. The fourth-order valence-corrected chi connectivity index (χ4v) is 3.69. The third kappa shape index (κ3) is 3.95. The quantitative estimate of drug-likeness (QED) is 0.867. The van der Waals surface area contributed by atoms with Crippen LogP contribution in [0.1, 0.15) is 33.1 Å². The van der Waals surface area contributed by atoms with Crippen molar-refractivity contribution in [2.45, 2.75) is 33.3 Å². The van der Waals surface area contributed by atoms with Gasteiger partial charge < -0.3 is 9.64 Å². The van der Waals surface area contributed by atoms with Crippen molar-refractivity contribution >= 4 is 17.2 Å². The summed E-state index contributed by atoms with van der Waals surface area (Å²) in [5.41, 5.74) is 1.79. The minimum absolute atomic E-state index is 0.155. The Morgan fingerprint density at radius 1 is 1.35 bits per heavy atom. The maximum Gasteiger partial charge on any atom is 0.228 e. The summed E-state index contributed by atoms with van der Waals surface area (Å²) in [4.78, 5) is 25.5. The number of nitrogens with zero attached hydrogens (tertiary/aromatic N) is 3. The number of ether oxygens (including phenoxy) is 1. The number of hydrogen-bond acceptors (Lipinski definition) is 5. The Hall–Kier alpha value is -1.79. The molecular weight excluding hydrogens is 310 g/mol. The van der Waals surface area contributed by atoms with Crippen molar-refractivity contribution in [1.29, 1.82) is 0 Å². The third-order valence-corrected chi connectivity index (χ3v) is 4.86. The van der Waals surface area contributed by atoms with Gasteiger partial charge in [-0.25, -0.2) is 9.97 Å². The summed E-state index contributed by atoms with van der Waals surface area (Å²) in [6.45, 7) is 7.62. The molecule has 0 N–H and O–H groups in total. The second-order valence-corrected chi connectivity index (χ2v) is 7.24. The lowest BCUT2D eigenvalue weighted by atomic mass is 10.1. The summed E-state index contributed by atoms with van der Waals surface area (Å²) in [5, 5.41) is 0. The Morgan fingerprint density at radius 3 is 2.87 bits per heavy atom. The molecule has 2 aromatic rings. The highest BCUT2D eigenvalue weighted by atomic mass is 32.1. The first kappa shape index (κ1) is 16.1. The molecule has 1 amide bonds. The number of aryl methyl sites for hydroxylation is 3. The van der Waals surface area contributed by atoms with Gasteiger partial charge in [0, 0.05) is 22.0 Å². The van der Waals surface area contributed by atoms with Crippen LogP contribution in [0.25, 0.3) is 0 Å². The van der Waals surface area contributed by atoms with Crippen LogP contribution in [0.15, 0.2) is 18.2 Å². The molecule has 0 saturated carbocycles. The van der Waals surface area contributed by atoms with E-state index in [0.717, 1.165) is 22.1 Å². The van der Waals surface area contributed by atoms with Crippen LogP contribution in [-0.2, 0) is 16.0 Å². The predicted molar refractivity (Wildman–Crippen MR) is 89.5 cm³/mol. The fraction of sp³-hybridized carbons (Fsp3) is 0.471. The van der Waals surface area contributed by atoms with Crippen molar-refractivity contribution in [3.63, 3.8) is 0 Å². The Balaban J connectivity index is 1.69. The Labute approximate surface area is 140 Å². The molecule has 0 aromatic carbocycles. The number of morpholine rings is 1. The van der Waals surface area contributed by atoms with Crippen LogP contribution in [0.5, 0.6) is 0 Å². The van der Waals surface area contributed by atoms with Gasteiger partial charge in [-0.2, -0.15) is 0 Å². The predicted octanol–water partition coefficient (Wildman–Crippen LogP) is 2.61. The van der Waals surface area contributed by atoms with Crippen LogP contribution in [-0.4, -0.2) is 40.5 Å². The maximum absolute atomic E-state index is 12.5. The van der Waals surface area contributed by atoms with Gasteiger partial charge in [-0.3, -0.25) is 4.79 Å². The number of hydrogen-bond donors (Lipinski definition) is 0. The van der Waals surface area contributed by atoms with Gasteiger partial charge in [0.05, 0.1) is 25.3 Å². The first-order valence-electron chi connectivity index (χ1n) is 7.78. The van der Waals surface area contributed by atoms with E-state index in [4.69, 9.17) is 4.74 Å². The summed E-state index contributed by atoms with van der Waals surface area (Å²) >= 11 is 1.68. The summed E-state index contributed by atoms with van der Waals surface area (Å²) in [5.74, 6) is 0.892. The van der Waals surface area contributed by atoms with E-state index in [1.165, 1.54) is 4.88 Å². The van der Waals surface area contributed by atoms with E-state index >= 15 is 0 Å². The van der Waals surface area contributed by atoms with Crippen molar-refractivity contribution in [3.05, 3.63) is 45.2 Å². The number of rotatable bonds is 3. The first-order valence-corrected chi connectivity index (χ1v) is 8.60. The normalized spacial score (nSPS) is 18.2. The second-order valence-electron chi connectivity index (χ2n) is 5.87. The number of carbonyl (C=O) groups excluding carboxylic acids is 1. The molecule has 0 aliphatic carbocycles. The smallest absolute Gasteiger partial charge is 0.228 e. The van der Waals surface area contributed by atoms with Gasteiger partial charge >= 0.3 is 0 Å². The van der Waals surface area contributed by atoms with Crippen LogP contribution in [0, 0.1) is 20.8 Å². The zero-order valence-electron chi connectivity index (χ0n) is 13.7. The van der Waals surface area contributed by atoms with Crippen molar-refractivity contribution in [1.82, 2.24) is 14.9 Å². The molecule has 3 rings (SSSR count). The monoisotopic (exact) mass is 331 g/mol. The highest BCUT2D eigenvalue weighted by Crippen LogP contribution is 2.23. The molecule has 0 spiro atoms. The SMILES string of the molecule is Cc1cc(C2CN(C(=O)Cc3ccc(C)s3)CCO2)nc(C)n1. The van der Waals surface area contributed by atoms with Gasteiger partial charge in [-0.15, -0.1) is 11.3 Å². The summed E-state index contributed by atoms with van der Waals surface area (Å²) in [7, 11) is 0. The van der Waals surface area contributed by atoms with E-state index in [-0.39, 0.29) is 12.0 Å². The average molecular weight is 331 g/mol. The molecule has 122 valence electrons. The van der Waals surface area contributed by atoms with E-state index in [1.807, 2.05) is 30.9 Å². The molecule has 5 nitrogen and oxygen atoms in total. The molecule has 23 heavy (non-hydrogen) atoms. The number of carbonyl (C=O) groups is 1. The number of aromatic nitrogens is 2. The molecule has 1 atom stereocenters. The van der Waals surface area contributed by atoms with Crippen molar-refractivity contribution in [3.8, 4) is 0 Å². The molecule has 1 saturated heterocycles. The molecule has 1 unspecified atom stereocenters. The zero-order chi connectivity index (χ0) is 16.4. The minimum atomic E-state index is -0.168. The highest BCUT2D eigenvalue weighted by molar-refractivity contribution is 7.12. The lowest BCUT2D eigenvalue weighted by molar-refractivity contribution is -0.138. The molecule has 0 radical (unpaired) electrons. The van der Waals surface area contributed by atoms with Crippen molar-refractivity contribution in [2.75, 3.05) is 19.7 Å². The van der Waals surface area contributed by atoms with E-state index in [1.54, 1.807) is 11.3 Å². The van der Waals surface area contributed by atoms with E-state index < -0.39 is 0 Å². The van der Waals surface area contributed by atoms with Crippen LogP contribution in [0.3, 0.4) is 0 Å². The van der Waals surface area contributed by atoms with Crippen molar-refractivity contribution in [2.24, 2.45) is 0 Å². The van der Waals surface area contributed by atoms with Crippen molar-refractivity contribution < 1.29 is 9.53 Å². The van der Waals surface area contributed by atoms with Crippen LogP contribution >= 0.6 is 11.3 Å². The topological polar surface area (TPSA) is 55.3 Å². The second kappa shape index (κ2) is 6.76. The van der Waals surface area contributed by atoms with E-state index in [9.17, 15) is 4.79 Å². The van der Waals surface area contributed by atoms with Crippen LogP contribution < -0.4 is 0 Å². The number of thiophene rings is 1. The van der Waals surface area contributed by atoms with Gasteiger partial charge in [0.25, 0.3) is 0 Å². The number of amides is 1. The van der Waals surface area contributed by atoms with Gasteiger partial charge in [-0.05, 0) is 39.0 Å². The van der Waals surface area contributed by atoms with Gasteiger partial charge in [0.1, 0.15) is 11.9 Å². The fourth-order valence-electron chi connectivity index (χ4n) is 2.81. The molecule has 0 bridgehead atoms. The largest absolute Gasteiger partial charge is 0.368 e. The Kier molecular flexibility index (Phi) is 4.73. The van der Waals surface area contributed by atoms with Gasteiger partial charge in [-0.1, -0.05) is 0 Å². The Morgan fingerprint density at radius 2 is 2.17 bits per heavy atom. The molecule has 1 aliphatic rings. The molecule has 3 heterocycles. The molecule has 6 heteroatoms. The summed E-state index contributed by atoms with van der Waals surface area (Å²) in [6, 6.07) is 6.03. The van der Waals surface area contributed by atoms with Gasteiger partial charge in [0.15, 0.2) is 0 Å². The Bertz CT molecular complexity index is 693. The third-order valence-electron chi connectivity index (χ3n) is 3.86. The maximum atomic E-state index is 12.5. The van der Waals surface area contributed by atoms with E-state index in [0.29, 0.717) is 26.1 Å². The van der Waals surface area contributed by atoms with Crippen LogP contribution in [0.2, 0.25) is 0 Å². The minimum Gasteiger partial charge on any atom is -0.368 e. The lowest BCUT2D eigenvalue weighted by Gasteiger charge is -2.32. The van der Waals surface area contributed by atoms with Crippen LogP contribution in [0.4, 0.5) is 0 Å². The standard InChI is InChI=1S/C17H21N3O2S/c1-11-8-15(19-13(3)18-11)16-10-20(6-7-22-16)17(21)9-14-5-4-12(2)23-14/h4-5,8,16H,6-7,9-10H2,1-3H3.